The monoisotopic (exact) mass is 220 g/mol. The lowest BCUT2D eigenvalue weighted by Crippen LogP contribution is -2.33. The summed E-state index contributed by atoms with van der Waals surface area (Å²) in [6.45, 7) is 6.55. The van der Waals surface area contributed by atoms with E-state index in [4.69, 9.17) is 0 Å². The van der Waals surface area contributed by atoms with Gasteiger partial charge in [0.05, 0.1) is 6.54 Å². The predicted octanol–water partition coefficient (Wildman–Crippen LogP) is 2.32. The number of carbonyl (C=O) groups excluding carboxylic acids is 1. The zero-order valence-electron chi connectivity index (χ0n) is 10.2. The molecule has 0 heterocycles. The molecular formula is C13H20N2O. The first-order valence-corrected chi connectivity index (χ1v) is 5.71. The normalized spacial score (nSPS) is 12.2. The molecule has 0 aliphatic rings. The van der Waals surface area contributed by atoms with E-state index in [0.717, 1.165) is 12.1 Å². The molecule has 1 rings (SSSR count). The third-order valence-corrected chi connectivity index (χ3v) is 2.56. The van der Waals surface area contributed by atoms with E-state index in [9.17, 15) is 4.79 Å². The molecule has 1 amide bonds. The Balaban J connectivity index is 2.37. The van der Waals surface area contributed by atoms with Gasteiger partial charge in [0.25, 0.3) is 0 Å². The summed E-state index contributed by atoms with van der Waals surface area (Å²) >= 11 is 0. The van der Waals surface area contributed by atoms with Gasteiger partial charge in [0.2, 0.25) is 5.91 Å². The molecule has 0 radical (unpaired) electrons. The molecule has 16 heavy (non-hydrogen) atoms. The van der Waals surface area contributed by atoms with Crippen LogP contribution in [0.3, 0.4) is 0 Å². The zero-order valence-corrected chi connectivity index (χ0v) is 10.2. The van der Waals surface area contributed by atoms with Crippen LogP contribution in [-0.4, -0.2) is 18.5 Å². The van der Waals surface area contributed by atoms with Gasteiger partial charge in [-0.25, -0.2) is 0 Å². The molecule has 0 spiro atoms. The second kappa shape index (κ2) is 6.28. The minimum atomic E-state index is 0.00385. The van der Waals surface area contributed by atoms with Crippen LogP contribution >= 0.6 is 0 Å². The molecule has 0 aliphatic heterocycles. The van der Waals surface area contributed by atoms with Gasteiger partial charge in [-0.3, -0.25) is 4.79 Å². The molecule has 0 fully saturated rings. The van der Waals surface area contributed by atoms with Gasteiger partial charge in [-0.1, -0.05) is 24.6 Å². The Kier molecular flexibility index (Phi) is 4.99. The molecule has 1 atom stereocenters. The molecule has 3 nitrogen and oxygen atoms in total. The smallest absolute Gasteiger partial charge is 0.238 e. The second-order valence-electron chi connectivity index (χ2n) is 4.10. The van der Waals surface area contributed by atoms with E-state index in [1.165, 1.54) is 5.56 Å². The number of rotatable bonds is 5. The van der Waals surface area contributed by atoms with E-state index in [-0.39, 0.29) is 5.91 Å². The molecule has 1 unspecified atom stereocenters. The third kappa shape index (κ3) is 4.45. The number of benzene rings is 1. The van der Waals surface area contributed by atoms with E-state index in [1.807, 2.05) is 31.2 Å². The number of anilines is 1. The maximum absolute atomic E-state index is 11.5. The summed E-state index contributed by atoms with van der Waals surface area (Å²) in [5, 5.41) is 6.00. The predicted molar refractivity (Wildman–Crippen MR) is 67.6 cm³/mol. The van der Waals surface area contributed by atoms with E-state index in [1.54, 1.807) is 0 Å². The van der Waals surface area contributed by atoms with Crippen LogP contribution in [0, 0.1) is 6.92 Å². The van der Waals surface area contributed by atoms with Gasteiger partial charge in [0.1, 0.15) is 0 Å². The van der Waals surface area contributed by atoms with Crippen LogP contribution in [0.2, 0.25) is 0 Å². The van der Waals surface area contributed by atoms with Crippen molar-refractivity contribution in [1.82, 2.24) is 5.32 Å². The Bertz CT molecular complexity index is 332. The Morgan fingerprint density at radius 2 is 1.94 bits per heavy atom. The fourth-order valence-electron chi connectivity index (χ4n) is 1.25. The Labute approximate surface area is 97.2 Å². The van der Waals surface area contributed by atoms with E-state index in [2.05, 4.69) is 24.5 Å². The Morgan fingerprint density at radius 3 is 2.50 bits per heavy atom. The Morgan fingerprint density at radius 1 is 1.31 bits per heavy atom. The summed E-state index contributed by atoms with van der Waals surface area (Å²) < 4.78 is 0. The maximum Gasteiger partial charge on any atom is 0.238 e. The highest BCUT2D eigenvalue weighted by Gasteiger charge is 2.03. The lowest BCUT2D eigenvalue weighted by molar-refractivity contribution is -0.115. The van der Waals surface area contributed by atoms with Crippen LogP contribution in [-0.2, 0) is 4.79 Å². The van der Waals surface area contributed by atoms with Crippen molar-refractivity contribution in [2.45, 2.75) is 33.2 Å². The quantitative estimate of drug-likeness (QED) is 0.799. The first-order chi connectivity index (χ1) is 7.61. The van der Waals surface area contributed by atoms with Gasteiger partial charge >= 0.3 is 0 Å². The highest BCUT2D eigenvalue weighted by molar-refractivity contribution is 5.92. The summed E-state index contributed by atoms with van der Waals surface area (Å²) in [4.78, 5) is 11.5. The average Bonchev–Trinajstić information content (AvgIpc) is 2.29. The van der Waals surface area contributed by atoms with Gasteiger partial charge in [0.15, 0.2) is 0 Å². The van der Waals surface area contributed by atoms with Crippen LogP contribution in [0.5, 0.6) is 0 Å². The maximum atomic E-state index is 11.5. The number of carbonyl (C=O) groups is 1. The number of amides is 1. The van der Waals surface area contributed by atoms with Crippen molar-refractivity contribution < 1.29 is 4.79 Å². The topological polar surface area (TPSA) is 41.1 Å². The van der Waals surface area contributed by atoms with Crippen molar-refractivity contribution in [3.63, 3.8) is 0 Å². The highest BCUT2D eigenvalue weighted by Crippen LogP contribution is 2.07. The first kappa shape index (κ1) is 12.7. The second-order valence-corrected chi connectivity index (χ2v) is 4.10. The summed E-state index contributed by atoms with van der Waals surface area (Å²) in [5.41, 5.74) is 2.04. The molecule has 0 saturated carbocycles. The largest absolute Gasteiger partial charge is 0.325 e. The molecule has 0 bridgehead atoms. The number of hydrogen-bond acceptors (Lipinski definition) is 2. The lowest BCUT2D eigenvalue weighted by atomic mass is 10.2. The highest BCUT2D eigenvalue weighted by atomic mass is 16.1. The van der Waals surface area contributed by atoms with Crippen LogP contribution in [0.15, 0.2) is 24.3 Å². The van der Waals surface area contributed by atoms with Gasteiger partial charge in [-0.05, 0) is 32.4 Å². The molecule has 0 aliphatic carbocycles. The van der Waals surface area contributed by atoms with E-state index >= 15 is 0 Å². The van der Waals surface area contributed by atoms with Crippen molar-refractivity contribution in [2.24, 2.45) is 0 Å². The number of aryl methyl sites for hydroxylation is 1. The van der Waals surface area contributed by atoms with Crippen molar-refractivity contribution in [3.05, 3.63) is 29.8 Å². The van der Waals surface area contributed by atoms with Crippen LogP contribution in [0.1, 0.15) is 25.8 Å². The first-order valence-electron chi connectivity index (χ1n) is 5.71. The zero-order chi connectivity index (χ0) is 12.0. The van der Waals surface area contributed by atoms with Crippen LogP contribution in [0.4, 0.5) is 5.69 Å². The molecule has 0 aromatic heterocycles. The van der Waals surface area contributed by atoms with E-state index in [0.29, 0.717) is 12.6 Å². The molecule has 0 saturated heterocycles. The molecule has 3 heteroatoms. The molecule has 88 valence electrons. The molecule has 1 aromatic carbocycles. The number of nitrogens with one attached hydrogen (secondary N) is 2. The average molecular weight is 220 g/mol. The van der Waals surface area contributed by atoms with Crippen molar-refractivity contribution in [1.29, 1.82) is 0 Å². The lowest BCUT2D eigenvalue weighted by Gasteiger charge is -2.11. The summed E-state index contributed by atoms with van der Waals surface area (Å²) in [6, 6.07) is 8.17. The minimum Gasteiger partial charge on any atom is -0.325 e. The van der Waals surface area contributed by atoms with Crippen molar-refractivity contribution in [2.75, 3.05) is 11.9 Å². The third-order valence-electron chi connectivity index (χ3n) is 2.56. The fourth-order valence-corrected chi connectivity index (χ4v) is 1.25. The standard InChI is InChI=1S/C13H20N2O/c1-4-11(3)14-9-13(16)15-12-7-5-10(2)6-8-12/h5-8,11,14H,4,9H2,1-3H3,(H,15,16). The van der Waals surface area contributed by atoms with Gasteiger partial charge < -0.3 is 10.6 Å². The van der Waals surface area contributed by atoms with Crippen LogP contribution < -0.4 is 10.6 Å². The summed E-state index contributed by atoms with van der Waals surface area (Å²) in [7, 11) is 0. The SMILES string of the molecule is CCC(C)NCC(=O)Nc1ccc(C)cc1. The molecule has 1 aromatic rings. The van der Waals surface area contributed by atoms with Crippen LogP contribution in [0.25, 0.3) is 0 Å². The minimum absolute atomic E-state index is 0.00385. The number of hydrogen-bond donors (Lipinski definition) is 2. The van der Waals surface area contributed by atoms with Gasteiger partial charge in [-0.15, -0.1) is 0 Å². The van der Waals surface area contributed by atoms with Gasteiger partial charge in [0, 0.05) is 11.7 Å². The van der Waals surface area contributed by atoms with Gasteiger partial charge in [-0.2, -0.15) is 0 Å². The molecular weight excluding hydrogens is 200 g/mol. The Hall–Kier alpha value is -1.35. The van der Waals surface area contributed by atoms with E-state index < -0.39 is 0 Å². The summed E-state index contributed by atoms with van der Waals surface area (Å²) in [6.07, 6.45) is 1.03. The van der Waals surface area contributed by atoms with Crippen molar-refractivity contribution in [3.8, 4) is 0 Å². The molecule has 2 N–H and O–H groups in total. The van der Waals surface area contributed by atoms with Crippen molar-refractivity contribution >= 4 is 11.6 Å². The summed E-state index contributed by atoms with van der Waals surface area (Å²) in [5.74, 6) is 0.00385. The fraction of sp³-hybridized carbons (Fsp3) is 0.462.